The van der Waals surface area contributed by atoms with Crippen LogP contribution < -0.4 is 5.32 Å². The third-order valence-corrected chi connectivity index (χ3v) is 1.67. The van der Waals surface area contributed by atoms with E-state index >= 15 is 0 Å². The second-order valence-corrected chi connectivity index (χ2v) is 2.56. The first-order valence-electron chi connectivity index (χ1n) is 3.70. The molecule has 0 bridgehead atoms. The van der Waals surface area contributed by atoms with Crippen molar-refractivity contribution in [2.45, 2.75) is 6.92 Å². The molecule has 13 heavy (non-hydrogen) atoms. The predicted octanol–water partition coefficient (Wildman–Crippen LogP) is 0.838. The maximum absolute atomic E-state index is 10.7. The number of hydrogen-bond acceptors (Lipinski definition) is 3. The fourth-order valence-electron chi connectivity index (χ4n) is 0.921. The first kappa shape index (κ1) is 9.25. The Hall–Kier alpha value is -1.84. The summed E-state index contributed by atoms with van der Waals surface area (Å²) in [5.41, 5.74) is 0.981. The van der Waals surface area contributed by atoms with Crippen LogP contribution >= 0.6 is 0 Å². The zero-order valence-electron chi connectivity index (χ0n) is 7.07. The number of carbonyl (C=O) groups excluding carboxylic acids is 2. The van der Waals surface area contributed by atoms with E-state index < -0.39 is 5.91 Å². The van der Waals surface area contributed by atoms with E-state index in [0.717, 1.165) is 0 Å². The molecule has 0 saturated carbocycles. The summed E-state index contributed by atoms with van der Waals surface area (Å²) in [6.45, 7) is 1.65. The summed E-state index contributed by atoms with van der Waals surface area (Å²) >= 11 is 0. The van der Waals surface area contributed by atoms with Crippen LogP contribution in [0.4, 0.5) is 5.69 Å². The number of phenolic OH excluding ortho intramolecular Hbond substituents is 1. The van der Waals surface area contributed by atoms with Gasteiger partial charge in [0.15, 0.2) is 0 Å². The Labute approximate surface area is 75.2 Å². The van der Waals surface area contributed by atoms with Crippen molar-refractivity contribution >= 4 is 17.9 Å². The lowest BCUT2D eigenvalue weighted by Gasteiger charge is -2.06. The lowest BCUT2D eigenvalue weighted by molar-refractivity contribution is -0.127. The largest absolute Gasteiger partial charge is 0.508 e. The van der Waals surface area contributed by atoms with E-state index in [0.29, 0.717) is 11.3 Å². The molecule has 0 aliphatic heterocycles. The molecule has 2 N–H and O–H groups in total. The molecule has 1 aromatic carbocycles. The van der Waals surface area contributed by atoms with Crippen LogP contribution in [0, 0.1) is 6.92 Å². The average Bonchev–Trinajstić information content (AvgIpc) is 2.13. The second-order valence-electron chi connectivity index (χ2n) is 2.56. The fraction of sp³-hybridized carbons (Fsp3) is 0.111. The molecule has 0 radical (unpaired) electrons. The van der Waals surface area contributed by atoms with Gasteiger partial charge in [-0.05, 0) is 19.1 Å². The van der Waals surface area contributed by atoms with Gasteiger partial charge in [0, 0.05) is 11.3 Å². The number of nitrogens with one attached hydrogen (secondary N) is 1. The minimum Gasteiger partial charge on any atom is -0.508 e. The molecule has 1 amide bonds. The molecule has 0 heterocycles. The SMILES string of the molecule is Cc1c(O)cccc1NC(=O)C=O. The van der Waals surface area contributed by atoms with Crippen LogP contribution in [0.2, 0.25) is 0 Å². The summed E-state index contributed by atoms with van der Waals surface area (Å²) in [5, 5.41) is 11.6. The predicted molar refractivity (Wildman–Crippen MR) is 47.5 cm³/mol. The number of hydrogen-bond donors (Lipinski definition) is 2. The highest BCUT2D eigenvalue weighted by molar-refractivity contribution is 6.29. The van der Waals surface area contributed by atoms with Crippen LogP contribution in [-0.4, -0.2) is 17.3 Å². The number of benzene rings is 1. The molecule has 0 aromatic heterocycles. The molecule has 4 heteroatoms. The number of aromatic hydroxyl groups is 1. The minimum atomic E-state index is -0.728. The average molecular weight is 179 g/mol. The molecule has 0 fully saturated rings. The highest BCUT2D eigenvalue weighted by Gasteiger charge is 2.04. The van der Waals surface area contributed by atoms with Crippen LogP contribution in [-0.2, 0) is 9.59 Å². The Morgan fingerprint density at radius 1 is 1.54 bits per heavy atom. The summed E-state index contributed by atoms with van der Waals surface area (Å²) < 4.78 is 0. The number of aldehydes is 1. The van der Waals surface area contributed by atoms with Crippen molar-refractivity contribution in [2.24, 2.45) is 0 Å². The summed E-state index contributed by atoms with van der Waals surface area (Å²) in [7, 11) is 0. The maximum Gasteiger partial charge on any atom is 0.288 e. The van der Waals surface area contributed by atoms with Crippen LogP contribution in [0.5, 0.6) is 5.75 Å². The Morgan fingerprint density at radius 2 is 2.23 bits per heavy atom. The lowest BCUT2D eigenvalue weighted by atomic mass is 10.2. The van der Waals surface area contributed by atoms with Gasteiger partial charge in [0.2, 0.25) is 6.29 Å². The Kier molecular flexibility index (Phi) is 2.64. The van der Waals surface area contributed by atoms with Gasteiger partial charge in [-0.15, -0.1) is 0 Å². The van der Waals surface area contributed by atoms with Crippen molar-refractivity contribution in [3.63, 3.8) is 0 Å². The standard InChI is InChI=1S/C9H9NO3/c1-6-7(10-9(13)5-11)3-2-4-8(6)12/h2-5,12H,1H3,(H,10,13). The van der Waals surface area contributed by atoms with Crippen molar-refractivity contribution in [1.29, 1.82) is 0 Å². The quantitative estimate of drug-likeness (QED) is 0.522. The number of rotatable bonds is 2. The van der Waals surface area contributed by atoms with E-state index in [1.807, 2.05) is 0 Å². The lowest BCUT2D eigenvalue weighted by Crippen LogP contribution is -2.12. The minimum absolute atomic E-state index is 0.0868. The van der Waals surface area contributed by atoms with Gasteiger partial charge < -0.3 is 10.4 Å². The van der Waals surface area contributed by atoms with E-state index in [2.05, 4.69) is 5.32 Å². The summed E-state index contributed by atoms with van der Waals surface area (Å²) in [6.07, 6.45) is 0.184. The maximum atomic E-state index is 10.7. The van der Waals surface area contributed by atoms with Crippen LogP contribution in [0.15, 0.2) is 18.2 Å². The normalized spacial score (nSPS) is 9.31. The first-order valence-corrected chi connectivity index (χ1v) is 3.70. The van der Waals surface area contributed by atoms with Crippen molar-refractivity contribution in [1.82, 2.24) is 0 Å². The molecule has 0 aliphatic rings. The number of phenols is 1. The van der Waals surface area contributed by atoms with E-state index in [-0.39, 0.29) is 12.0 Å². The van der Waals surface area contributed by atoms with E-state index in [9.17, 15) is 14.7 Å². The molecule has 0 unspecified atom stereocenters. The smallest absolute Gasteiger partial charge is 0.288 e. The third kappa shape index (κ3) is 2.05. The molecule has 0 spiro atoms. The van der Waals surface area contributed by atoms with Crippen LogP contribution in [0.3, 0.4) is 0 Å². The zero-order valence-corrected chi connectivity index (χ0v) is 7.07. The van der Waals surface area contributed by atoms with Crippen molar-refractivity contribution in [3.05, 3.63) is 23.8 Å². The summed E-state index contributed by atoms with van der Waals surface area (Å²) in [4.78, 5) is 20.7. The zero-order chi connectivity index (χ0) is 9.84. The Morgan fingerprint density at radius 3 is 2.85 bits per heavy atom. The molecule has 0 aliphatic carbocycles. The monoisotopic (exact) mass is 179 g/mol. The van der Waals surface area contributed by atoms with Gasteiger partial charge >= 0.3 is 0 Å². The number of anilines is 1. The summed E-state index contributed by atoms with van der Waals surface area (Å²) in [5.74, 6) is -0.641. The summed E-state index contributed by atoms with van der Waals surface area (Å²) in [6, 6.07) is 4.70. The highest BCUT2D eigenvalue weighted by atomic mass is 16.3. The van der Waals surface area contributed by atoms with E-state index in [1.165, 1.54) is 6.07 Å². The molecule has 0 atom stereocenters. The second kappa shape index (κ2) is 3.71. The van der Waals surface area contributed by atoms with Gasteiger partial charge in [0.1, 0.15) is 5.75 Å². The van der Waals surface area contributed by atoms with Crippen LogP contribution in [0.1, 0.15) is 5.56 Å². The Bertz CT molecular complexity index is 347. The molecule has 1 aromatic rings. The number of amides is 1. The van der Waals surface area contributed by atoms with Crippen LogP contribution in [0.25, 0.3) is 0 Å². The molecular formula is C9H9NO3. The molecule has 4 nitrogen and oxygen atoms in total. The van der Waals surface area contributed by atoms with E-state index in [4.69, 9.17) is 0 Å². The van der Waals surface area contributed by atoms with Gasteiger partial charge in [-0.25, -0.2) is 0 Å². The van der Waals surface area contributed by atoms with Crippen molar-refractivity contribution in [2.75, 3.05) is 5.32 Å². The van der Waals surface area contributed by atoms with Gasteiger partial charge in [0.25, 0.3) is 5.91 Å². The van der Waals surface area contributed by atoms with Gasteiger partial charge in [-0.3, -0.25) is 9.59 Å². The van der Waals surface area contributed by atoms with Crippen molar-refractivity contribution in [3.8, 4) is 5.75 Å². The van der Waals surface area contributed by atoms with Gasteiger partial charge in [-0.2, -0.15) is 0 Å². The third-order valence-electron chi connectivity index (χ3n) is 1.67. The molecular weight excluding hydrogens is 170 g/mol. The molecule has 1 rings (SSSR count). The molecule has 68 valence electrons. The Balaban J connectivity index is 2.95. The van der Waals surface area contributed by atoms with Gasteiger partial charge in [0.05, 0.1) is 0 Å². The first-order chi connectivity index (χ1) is 6.15. The fourth-order valence-corrected chi connectivity index (χ4v) is 0.921. The van der Waals surface area contributed by atoms with Gasteiger partial charge in [-0.1, -0.05) is 6.07 Å². The number of carbonyl (C=O) groups is 2. The van der Waals surface area contributed by atoms with Crippen molar-refractivity contribution < 1.29 is 14.7 Å². The van der Waals surface area contributed by atoms with E-state index in [1.54, 1.807) is 19.1 Å². The molecule has 0 saturated heterocycles. The highest BCUT2D eigenvalue weighted by Crippen LogP contribution is 2.23. The topological polar surface area (TPSA) is 66.4 Å².